The molecule has 0 fully saturated rings. The molecule has 17 heavy (non-hydrogen) atoms. The maximum absolute atomic E-state index is 6.17. The van der Waals surface area contributed by atoms with Gasteiger partial charge in [0, 0.05) is 16.1 Å². The first-order valence-electron chi connectivity index (χ1n) is 5.30. The molecule has 0 aliphatic rings. The molecule has 0 saturated heterocycles. The summed E-state index contributed by atoms with van der Waals surface area (Å²) in [7, 11) is 0. The van der Waals surface area contributed by atoms with Crippen LogP contribution in [0.3, 0.4) is 0 Å². The van der Waals surface area contributed by atoms with E-state index in [-0.39, 0.29) is 5.92 Å². The first kappa shape index (κ1) is 12.3. The van der Waals surface area contributed by atoms with Gasteiger partial charge in [0.05, 0.1) is 10.7 Å². The van der Waals surface area contributed by atoms with E-state index < -0.39 is 0 Å². The van der Waals surface area contributed by atoms with E-state index >= 15 is 0 Å². The summed E-state index contributed by atoms with van der Waals surface area (Å²) in [5.74, 6) is 0.768. The normalized spacial score (nSPS) is 11.1. The number of nitrogens with zero attached hydrogens (tertiary/aromatic N) is 1. The lowest BCUT2D eigenvalue weighted by atomic mass is 9.99. The molecule has 0 saturated carbocycles. The molecule has 2 aromatic rings. The standard InChI is InChI=1S/C12H13Cl2N3/c1-6(2)10-11(16-17-12(10)15)8-5-7(13)3-4-9(8)14/h3-6H,1-2H3,(H3,15,16,17). The van der Waals surface area contributed by atoms with Gasteiger partial charge in [0.25, 0.3) is 0 Å². The Balaban J connectivity index is 2.64. The quantitative estimate of drug-likeness (QED) is 0.863. The van der Waals surface area contributed by atoms with Gasteiger partial charge in [-0.3, -0.25) is 5.10 Å². The number of nitrogens with two attached hydrogens (primary N) is 1. The number of benzene rings is 1. The number of nitrogen functional groups attached to an aromatic ring is 1. The predicted octanol–water partition coefficient (Wildman–Crippen LogP) is 4.09. The summed E-state index contributed by atoms with van der Waals surface area (Å²) in [5, 5.41) is 8.21. The van der Waals surface area contributed by atoms with Gasteiger partial charge in [-0.1, -0.05) is 37.0 Å². The minimum Gasteiger partial charge on any atom is -0.382 e. The molecule has 2 rings (SSSR count). The molecule has 0 unspecified atom stereocenters. The fourth-order valence-corrected chi connectivity index (χ4v) is 2.23. The Hall–Kier alpha value is -1.19. The molecule has 5 heteroatoms. The predicted molar refractivity (Wildman–Crippen MR) is 72.5 cm³/mol. The van der Waals surface area contributed by atoms with Crippen molar-refractivity contribution in [3.05, 3.63) is 33.8 Å². The zero-order chi connectivity index (χ0) is 12.6. The first-order valence-corrected chi connectivity index (χ1v) is 6.05. The Bertz CT molecular complexity index is 547. The summed E-state index contributed by atoms with van der Waals surface area (Å²) in [4.78, 5) is 0. The van der Waals surface area contributed by atoms with Crippen LogP contribution in [0.2, 0.25) is 10.0 Å². The number of H-pyrrole nitrogens is 1. The Labute approximate surface area is 110 Å². The second-order valence-electron chi connectivity index (χ2n) is 4.18. The molecule has 0 amide bonds. The lowest BCUT2D eigenvalue weighted by Crippen LogP contribution is -1.95. The molecular formula is C12H13Cl2N3. The summed E-state index contributed by atoms with van der Waals surface area (Å²) in [6.07, 6.45) is 0. The molecule has 1 aromatic carbocycles. The van der Waals surface area contributed by atoms with Crippen molar-refractivity contribution in [2.45, 2.75) is 19.8 Å². The molecule has 1 heterocycles. The molecule has 0 spiro atoms. The highest BCUT2D eigenvalue weighted by Crippen LogP contribution is 2.36. The lowest BCUT2D eigenvalue weighted by molar-refractivity contribution is 0.873. The van der Waals surface area contributed by atoms with Gasteiger partial charge in [0.15, 0.2) is 0 Å². The van der Waals surface area contributed by atoms with Gasteiger partial charge in [-0.2, -0.15) is 5.10 Å². The smallest absolute Gasteiger partial charge is 0.149 e. The molecular weight excluding hydrogens is 257 g/mol. The van der Waals surface area contributed by atoms with E-state index in [0.717, 1.165) is 16.8 Å². The first-order chi connectivity index (χ1) is 8.00. The third-order valence-electron chi connectivity index (χ3n) is 2.61. The molecule has 0 aliphatic heterocycles. The van der Waals surface area contributed by atoms with Crippen LogP contribution in [0.25, 0.3) is 11.3 Å². The van der Waals surface area contributed by atoms with Gasteiger partial charge < -0.3 is 5.73 Å². The maximum atomic E-state index is 6.17. The highest BCUT2D eigenvalue weighted by Gasteiger charge is 2.17. The molecule has 1 aromatic heterocycles. The van der Waals surface area contributed by atoms with Gasteiger partial charge in [-0.05, 0) is 24.1 Å². The zero-order valence-electron chi connectivity index (χ0n) is 9.59. The minimum atomic E-state index is 0.263. The number of halogens is 2. The van der Waals surface area contributed by atoms with Crippen LogP contribution in [0.1, 0.15) is 25.3 Å². The van der Waals surface area contributed by atoms with Crippen LogP contribution in [0.4, 0.5) is 5.82 Å². The Kier molecular flexibility index (Phi) is 3.31. The molecule has 3 N–H and O–H groups in total. The van der Waals surface area contributed by atoms with Crippen molar-refractivity contribution in [1.29, 1.82) is 0 Å². The van der Waals surface area contributed by atoms with Crippen molar-refractivity contribution in [2.75, 3.05) is 5.73 Å². The number of anilines is 1. The zero-order valence-corrected chi connectivity index (χ0v) is 11.1. The number of hydrogen-bond acceptors (Lipinski definition) is 2. The van der Waals surface area contributed by atoms with Crippen molar-refractivity contribution < 1.29 is 0 Å². The van der Waals surface area contributed by atoms with E-state index in [9.17, 15) is 0 Å². The molecule has 0 atom stereocenters. The van der Waals surface area contributed by atoms with Crippen LogP contribution < -0.4 is 5.73 Å². The maximum Gasteiger partial charge on any atom is 0.149 e. The molecule has 0 bridgehead atoms. The van der Waals surface area contributed by atoms with Gasteiger partial charge in [0.1, 0.15) is 5.82 Å². The van der Waals surface area contributed by atoms with E-state index in [2.05, 4.69) is 24.0 Å². The monoisotopic (exact) mass is 269 g/mol. The van der Waals surface area contributed by atoms with Gasteiger partial charge in [-0.15, -0.1) is 0 Å². The highest BCUT2D eigenvalue weighted by molar-refractivity contribution is 6.35. The van der Waals surface area contributed by atoms with Gasteiger partial charge >= 0.3 is 0 Å². The van der Waals surface area contributed by atoms with E-state index in [0.29, 0.717) is 15.9 Å². The van der Waals surface area contributed by atoms with Crippen LogP contribution in [-0.2, 0) is 0 Å². The summed E-state index contributed by atoms with van der Waals surface area (Å²) in [6, 6.07) is 5.32. The minimum absolute atomic E-state index is 0.263. The largest absolute Gasteiger partial charge is 0.382 e. The van der Waals surface area contributed by atoms with E-state index in [4.69, 9.17) is 28.9 Å². The molecule has 90 valence electrons. The summed E-state index contributed by atoms with van der Waals surface area (Å²) in [6.45, 7) is 4.12. The molecule has 0 aliphatic carbocycles. The lowest BCUT2D eigenvalue weighted by Gasteiger charge is -2.09. The van der Waals surface area contributed by atoms with Crippen molar-refractivity contribution in [3.63, 3.8) is 0 Å². The fraction of sp³-hybridized carbons (Fsp3) is 0.250. The van der Waals surface area contributed by atoms with Crippen LogP contribution in [0, 0.1) is 0 Å². The average molecular weight is 270 g/mol. The van der Waals surface area contributed by atoms with Crippen LogP contribution in [0.5, 0.6) is 0 Å². The van der Waals surface area contributed by atoms with Crippen molar-refractivity contribution in [3.8, 4) is 11.3 Å². The average Bonchev–Trinajstić information content (AvgIpc) is 2.64. The third-order valence-corrected chi connectivity index (χ3v) is 3.17. The number of rotatable bonds is 2. The van der Waals surface area contributed by atoms with E-state index in [1.54, 1.807) is 12.1 Å². The topological polar surface area (TPSA) is 54.7 Å². The summed E-state index contributed by atoms with van der Waals surface area (Å²) < 4.78 is 0. The third kappa shape index (κ3) is 2.26. The van der Waals surface area contributed by atoms with Crippen molar-refractivity contribution in [1.82, 2.24) is 10.2 Å². The Morgan fingerprint density at radius 1 is 1.29 bits per heavy atom. The van der Waals surface area contributed by atoms with Gasteiger partial charge in [-0.25, -0.2) is 0 Å². The second-order valence-corrected chi connectivity index (χ2v) is 5.02. The number of hydrogen-bond donors (Lipinski definition) is 2. The highest BCUT2D eigenvalue weighted by atomic mass is 35.5. The number of aromatic nitrogens is 2. The fourth-order valence-electron chi connectivity index (χ4n) is 1.84. The Morgan fingerprint density at radius 3 is 2.65 bits per heavy atom. The van der Waals surface area contributed by atoms with Crippen LogP contribution in [-0.4, -0.2) is 10.2 Å². The summed E-state index contributed by atoms with van der Waals surface area (Å²) >= 11 is 12.2. The van der Waals surface area contributed by atoms with E-state index in [1.807, 2.05) is 6.07 Å². The molecule has 0 radical (unpaired) electrons. The molecule has 3 nitrogen and oxygen atoms in total. The number of nitrogens with one attached hydrogen (secondary N) is 1. The van der Waals surface area contributed by atoms with Crippen molar-refractivity contribution >= 4 is 29.0 Å². The van der Waals surface area contributed by atoms with Crippen molar-refractivity contribution in [2.24, 2.45) is 0 Å². The summed E-state index contributed by atoms with van der Waals surface area (Å²) in [5.41, 5.74) is 8.48. The van der Waals surface area contributed by atoms with Crippen LogP contribution >= 0.6 is 23.2 Å². The SMILES string of the molecule is CC(C)c1c(N)n[nH]c1-c1cc(Cl)ccc1Cl. The van der Waals surface area contributed by atoms with Gasteiger partial charge in [0.2, 0.25) is 0 Å². The van der Waals surface area contributed by atoms with E-state index in [1.165, 1.54) is 0 Å². The second kappa shape index (κ2) is 4.59. The number of aromatic amines is 1. The Morgan fingerprint density at radius 2 is 2.00 bits per heavy atom. The van der Waals surface area contributed by atoms with Crippen LogP contribution in [0.15, 0.2) is 18.2 Å².